The lowest BCUT2D eigenvalue weighted by Crippen LogP contribution is -2.56. The Bertz CT molecular complexity index is 582. The Morgan fingerprint density at radius 1 is 0.783 bits per heavy atom. The van der Waals surface area contributed by atoms with E-state index in [0.29, 0.717) is 0 Å². The van der Waals surface area contributed by atoms with E-state index in [-0.39, 0.29) is 23.9 Å². The standard InChI is InChI=1S/C21H27NO/c1-15-19(17-11-7-5-8-12-17)22(4)20(16(2)21(15,3)23)18-13-9-6-10-14-18/h5-16,19-20,23H,1-4H3. The van der Waals surface area contributed by atoms with Crippen molar-refractivity contribution in [2.45, 2.75) is 38.5 Å². The average molecular weight is 309 g/mol. The van der Waals surface area contributed by atoms with Crippen molar-refractivity contribution in [1.82, 2.24) is 4.90 Å². The molecule has 0 radical (unpaired) electrons. The number of rotatable bonds is 2. The van der Waals surface area contributed by atoms with Gasteiger partial charge in [-0.15, -0.1) is 0 Å². The van der Waals surface area contributed by atoms with Gasteiger partial charge in [0.25, 0.3) is 0 Å². The number of hydrogen-bond donors (Lipinski definition) is 1. The van der Waals surface area contributed by atoms with Crippen LogP contribution in [0.2, 0.25) is 0 Å². The molecule has 1 aliphatic rings. The maximum absolute atomic E-state index is 11.3. The molecule has 122 valence electrons. The van der Waals surface area contributed by atoms with E-state index in [2.05, 4.69) is 74.3 Å². The zero-order chi connectivity index (χ0) is 16.6. The van der Waals surface area contributed by atoms with E-state index in [1.165, 1.54) is 11.1 Å². The third-order valence-electron chi connectivity index (χ3n) is 5.95. The lowest BCUT2D eigenvalue weighted by Gasteiger charge is -2.55. The van der Waals surface area contributed by atoms with Gasteiger partial charge in [-0.3, -0.25) is 4.90 Å². The third kappa shape index (κ3) is 2.71. The van der Waals surface area contributed by atoms with Gasteiger partial charge in [-0.25, -0.2) is 0 Å². The largest absolute Gasteiger partial charge is 0.389 e. The van der Waals surface area contributed by atoms with E-state index in [9.17, 15) is 5.11 Å². The first-order chi connectivity index (χ1) is 10.9. The number of hydrogen-bond acceptors (Lipinski definition) is 2. The van der Waals surface area contributed by atoms with Crippen LogP contribution in [0, 0.1) is 11.8 Å². The number of likely N-dealkylation sites (tertiary alicyclic amines) is 1. The molecular weight excluding hydrogens is 282 g/mol. The lowest BCUT2D eigenvalue weighted by atomic mass is 9.66. The van der Waals surface area contributed by atoms with Gasteiger partial charge in [0.1, 0.15) is 0 Å². The minimum Gasteiger partial charge on any atom is -0.389 e. The van der Waals surface area contributed by atoms with Gasteiger partial charge in [0.15, 0.2) is 0 Å². The van der Waals surface area contributed by atoms with Crippen molar-refractivity contribution >= 4 is 0 Å². The highest BCUT2D eigenvalue weighted by Gasteiger charge is 2.51. The van der Waals surface area contributed by atoms with Crippen LogP contribution in [0.1, 0.15) is 44.0 Å². The fourth-order valence-corrected chi connectivity index (χ4v) is 4.28. The molecule has 0 aromatic heterocycles. The van der Waals surface area contributed by atoms with Gasteiger partial charge in [0.05, 0.1) is 5.60 Å². The highest BCUT2D eigenvalue weighted by molar-refractivity contribution is 5.27. The van der Waals surface area contributed by atoms with Crippen LogP contribution in [0.25, 0.3) is 0 Å². The Morgan fingerprint density at radius 2 is 1.13 bits per heavy atom. The van der Waals surface area contributed by atoms with E-state index in [1.807, 2.05) is 19.1 Å². The van der Waals surface area contributed by atoms with Crippen molar-refractivity contribution in [3.05, 3.63) is 71.8 Å². The monoisotopic (exact) mass is 309 g/mol. The fourth-order valence-electron chi connectivity index (χ4n) is 4.28. The van der Waals surface area contributed by atoms with Crippen LogP contribution in [0.5, 0.6) is 0 Å². The van der Waals surface area contributed by atoms with Crippen LogP contribution >= 0.6 is 0 Å². The molecule has 1 N–H and O–H groups in total. The van der Waals surface area contributed by atoms with Gasteiger partial charge in [-0.05, 0) is 25.1 Å². The number of benzene rings is 2. The molecule has 0 spiro atoms. The molecular formula is C21H27NO. The van der Waals surface area contributed by atoms with Gasteiger partial charge in [0, 0.05) is 23.9 Å². The Kier molecular flexibility index (Phi) is 4.31. The molecule has 23 heavy (non-hydrogen) atoms. The Morgan fingerprint density at radius 3 is 1.48 bits per heavy atom. The van der Waals surface area contributed by atoms with E-state index in [0.717, 1.165) is 0 Å². The summed E-state index contributed by atoms with van der Waals surface area (Å²) in [6.07, 6.45) is 0. The first-order valence-electron chi connectivity index (χ1n) is 8.48. The topological polar surface area (TPSA) is 23.5 Å². The molecule has 0 aliphatic carbocycles. The van der Waals surface area contributed by atoms with Crippen LogP contribution in [0.4, 0.5) is 0 Å². The third-order valence-corrected chi connectivity index (χ3v) is 5.95. The number of piperidine rings is 1. The van der Waals surface area contributed by atoms with E-state index in [4.69, 9.17) is 0 Å². The normalized spacial score (nSPS) is 35.2. The molecule has 0 saturated carbocycles. The summed E-state index contributed by atoms with van der Waals surface area (Å²) in [4.78, 5) is 2.44. The highest BCUT2D eigenvalue weighted by Crippen LogP contribution is 2.51. The molecule has 1 saturated heterocycles. The van der Waals surface area contributed by atoms with Gasteiger partial charge in [0.2, 0.25) is 0 Å². The minimum atomic E-state index is -0.715. The summed E-state index contributed by atoms with van der Waals surface area (Å²) in [5.41, 5.74) is 1.83. The molecule has 1 heterocycles. The van der Waals surface area contributed by atoms with Crippen molar-refractivity contribution in [3.63, 3.8) is 0 Å². The van der Waals surface area contributed by atoms with Crippen LogP contribution in [0.3, 0.4) is 0 Å². The quantitative estimate of drug-likeness (QED) is 0.886. The predicted octanol–water partition coefficient (Wildman–Crippen LogP) is 4.44. The summed E-state index contributed by atoms with van der Waals surface area (Å²) in [5.74, 6) is 0.315. The molecule has 2 heteroatoms. The smallest absolute Gasteiger partial charge is 0.0707 e. The summed E-state index contributed by atoms with van der Waals surface area (Å²) < 4.78 is 0. The average Bonchev–Trinajstić information content (AvgIpc) is 2.56. The lowest BCUT2D eigenvalue weighted by molar-refractivity contribution is -0.143. The van der Waals surface area contributed by atoms with Crippen LogP contribution < -0.4 is 0 Å². The summed E-state index contributed by atoms with van der Waals surface area (Å²) >= 11 is 0. The van der Waals surface area contributed by atoms with Crippen molar-refractivity contribution in [1.29, 1.82) is 0 Å². The SMILES string of the molecule is CC1C(c2ccccc2)N(C)C(c2ccccc2)C(C)C1(C)O. The number of aliphatic hydroxyl groups is 1. The fraction of sp³-hybridized carbons (Fsp3) is 0.429. The maximum atomic E-state index is 11.3. The molecule has 4 unspecified atom stereocenters. The van der Waals surface area contributed by atoms with Crippen LogP contribution in [-0.2, 0) is 0 Å². The summed E-state index contributed by atoms with van der Waals surface area (Å²) in [6, 6.07) is 21.5. The molecule has 0 bridgehead atoms. The van der Waals surface area contributed by atoms with E-state index in [1.54, 1.807) is 0 Å². The van der Waals surface area contributed by atoms with Gasteiger partial charge < -0.3 is 5.11 Å². The molecule has 4 atom stereocenters. The summed E-state index contributed by atoms with van der Waals surface area (Å²) in [7, 11) is 2.19. The first-order valence-corrected chi connectivity index (χ1v) is 8.48. The molecule has 1 aliphatic heterocycles. The Labute approximate surface area is 139 Å². The molecule has 2 aromatic rings. The van der Waals surface area contributed by atoms with Crippen LogP contribution in [0.15, 0.2) is 60.7 Å². The number of nitrogens with zero attached hydrogens (tertiary/aromatic N) is 1. The second-order valence-electron chi connectivity index (χ2n) is 7.18. The minimum absolute atomic E-state index is 0.157. The molecule has 2 nitrogen and oxygen atoms in total. The molecule has 1 fully saturated rings. The van der Waals surface area contributed by atoms with Crippen molar-refractivity contribution < 1.29 is 5.11 Å². The Hall–Kier alpha value is -1.64. The van der Waals surface area contributed by atoms with Crippen molar-refractivity contribution in [3.8, 4) is 0 Å². The van der Waals surface area contributed by atoms with Gasteiger partial charge >= 0.3 is 0 Å². The van der Waals surface area contributed by atoms with Gasteiger partial charge in [-0.1, -0.05) is 74.5 Å². The molecule has 3 rings (SSSR count). The second-order valence-corrected chi connectivity index (χ2v) is 7.18. The van der Waals surface area contributed by atoms with E-state index < -0.39 is 5.60 Å². The predicted molar refractivity (Wildman–Crippen MR) is 95.1 cm³/mol. The summed E-state index contributed by atoms with van der Waals surface area (Å²) in [5, 5.41) is 11.3. The van der Waals surface area contributed by atoms with Crippen molar-refractivity contribution in [2.24, 2.45) is 11.8 Å². The maximum Gasteiger partial charge on any atom is 0.0707 e. The highest BCUT2D eigenvalue weighted by atomic mass is 16.3. The zero-order valence-corrected chi connectivity index (χ0v) is 14.5. The summed E-state index contributed by atoms with van der Waals surface area (Å²) in [6.45, 7) is 6.35. The van der Waals surface area contributed by atoms with Crippen molar-refractivity contribution in [2.75, 3.05) is 7.05 Å². The van der Waals surface area contributed by atoms with Gasteiger partial charge in [-0.2, -0.15) is 0 Å². The Balaban J connectivity index is 2.07. The molecule has 2 aromatic carbocycles. The second kappa shape index (κ2) is 6.10. The zero-order valence-electron chi connectivity index (χ0n) is 14.5. The molecule has 0 amide bonds. The van der Waals surface area contributed by atoms with Crippen LogP contribution in [-0.4, -0.2) is 22.7 Å². The van der Waals surface area contributed by atoms with E-state index >= 15 is 0 Å². The first kappa shape index (κ1) is 16.2.